The summed E-state index contributed by atoms with van der Waals surface area (Å²) in [4.78, 5) is 23.2. The number of Topliss-reactive ketones (excluding diaryl/α,β-unsaturated/α-hetero) is 2. The lowest BCUT2D eigenvalue weighted by atomic mass is 9.83. The molecule has 14 heavy (non-hydrogen) atoms. The van der Waals surface area contributed by atoms with Crippen LogP contribution in [0.1, 0.15) is 51.5 Å². The Bertz CT molecular complexity index is 446. The van der Waals surface area contributed by atoms with Crippen molar-refractivity contribution >= 4 is 11.6 Å². The van der Waals surface area contributed by atoms with Gasteiger partial charge in [0.15, 0.2) is 11.6 Å². The number of ketones is 2. The van der Waals surface area contributed by atoms with Gasteiger partial charge in [-0.25, -0.2) is 0 Å². The van der Waals surface area contributed by atoms with Gasteiger partial charge in [0.25, 0.3) is 0 Å². The smallest absolute Gasteiger partial charge is 0.163 e. The number of carbonyl (C=O) groups excluding carboxylic acids is 2. The van der Waals surface area contributed by atoms with E-state index >= 15 is 0 Å². The predicted molar refractivity (Wildman–Crippen MR) is 51.7 cm³/mol. The summed E-state index contributed by atoms with van der Waals surface area (Å²) in [6, 6.07) is 5.52. The maximum absolute atomic E-state index is 11.6. The van der Waals surface area contributed by atoms with Gasteiger partial charge in [0.1, 0.15) is 0 Å². The fourth-order valence-electron chi connectivity index (χ4n) is 2.61. The fraction of sp³-hybridized carbons (Fsp3) is 0.333. The lowest BCUT2D eigenvalue weighted by Gasteiger charge is -2.19. The second kappa shape index (κ2) is 2.53. The van der Waals surface area contributed by atoms with E-state index in [2.05, 4.69) is 0 Å². The summed E-state index contributed by atoms with van der Waals surface area (Å²) in [6.45, 7) is 0. The third-order valence-electron chi connectivity index (χ3n) is 3.27. The predicted octanol–water partition coefficient (Wildman–Crippen LogP) is 2.33. The molecule has 0 aliphatic heterocycles. The molecule has 2 nitrogen and oxygen atoms in total. The van der Waals surface area contributed by atoms with Crippen LogP contribution in [0.5, 0.6) is 0 Å². The van der Waals surface area contributed by atoms with Gasteiger partial charge in [0.05, 0.1) is 0 Å². The van der Waals surface area contributed by atoms with Crippen LogP contribution in [0.25, 0.3) is 0 Å². The van der Waals surface area contributed by atoms with Gasteiger partial charge in [-0.3, -0.25) is 9.59 Å². The third-order valence-corrected chi connectivity index (χ3v) is 3.27. The molecule has 1 aromatic rings. The number of benzene rings is 1. The largest absolute Gasteiger partial charge is 0.294 e. The molecule has 1 aromatic carbocycles. The Balaban J connectivity index is 2.32. The average molecular weight is 186 g/mol. The normalized spacial score (nSPS) is 23.9. The standard InChI is InChI=1S/C12H10O2/c13-10-5-4-7-6-11(14)9-3-1-2-8(10)12(7)9/h1-3,7H,4-6H2. The Morgan fingerprint density at radius 3 is 2.57 bits per heavy atom. The van der Waals surface area contributed by atoms with Crippen LogP contribution in [0.15, 0.2) is 18.2 Å². The van der Waals surface area contributed by atoms with Gasteiger partial charge in [-0.15, -0.1) is 0 Å². The molecule has 0 N–H and O–H groups in total. The first-order valence-corrected chi connectivity index (χ1v) is 4.96. The number of carbonyl (C=O) groups is 2. The minimum Gasteiger partial charge on any atom is -0.294 e. The van der Waals surface area contributed by atoms with Gasteiger partial charge >= 0.3 is 0 Å². The first-order valence-electron chi connectivity index (χ1n) is 4.96. The van der Waals surface area contributed by atoms with Crippen molar-refractivity contribution in [2.45, 2.75) is 25.2 Å². The molecule has 0 heterocycles. The van der Waals surface area contributed by atoms with Gasteiger partial charge in [-0.05, 0) is 17.9 Å². The van der Waals surface area contributed by atoms with Crippen LogP contribution in [0.3, 0.4) is 0 Å². The van der Waals surface area contributed by atoms with Crippen molar-refractivity contribution in [1.29, 1.82) is 0 Å². The molecule has 3 rings (SSSR count). The minimum absolute atomic E-state index is 0.202. The molecule has 2 aliphatic carbocycles. The molecule has 70 valence electrons. The first kappa shape index (κ1) is 7.92. The van der Waals surface area contributed by atoms with Crippen molar-refractivity contribution in [2.24, 2.45) is 0 Å². The van der Waals surface area contributed by atoms with Gasteiger partial charge in [0.2, 0.25) is 0 Å². The van der Waals surface area contributed by atoms with Crippen LogP contribution in [0.2, 0.25) is 0 Å². The molecule has 2 aliphatic rings. The quantitative estimate of drug-likeness (QED) is 0.623. The zero-order valence-corrected chi connectivity index (χ0v) is 7.75. The number of rotatable bonds is 0. The van der Waals surface area contributed by atoms with Crippen molar-refractivity contribution in [2.75, 3.05) is 0 Å². The highest BCUT2D eigenvalue weighted by atomic mass is 16.1. The summed E-state index contributed by atoms with van der Waals surface area (Å²) in [5.74, 6) is 0.737. The summed E-state index contributed by atoms with van der Waals surface area (Å²) >= 11 is 0. The third kappa shape index (κ3) is 0.857. The molecule has 0 spiro atoms. The Labute approximate surface area is 81.9 Å². The molecular weight excluding hydrogens is 176 g/mol. The molecular formula is C12H10O2. The maximum Gasteiger partial charge on any atom is 0.163 e. The van der Waals surface area contributed by atoms with E-state index in [0.29, 0.717) is 18.8 Å². The van der Waals surface area contributed by atoms with E-state index < -0.39 is 0 Å². The summed E-state index contributed by atoms with van der Waals surface area (Å²) in [5.41, 5.74) is 2.62. The van der Waals surface area contributed by atoms with E-state index in [1.807, 2.05) is 18.2 Å². The van der Waals surface area contributed by atoms with E-state index in [4.69, 9.17) is 0 Å². The number of hydrogen-bond donors (Lipinski definition) is 0. The first-order chi connectivity index (χ1) is 6.77. The zero-order chi connectivity index (χ0) is 9.71. The molecule has 1 unspecified atom stereocenters. The van der Waals surface area contributed by atoms with Crippen molar-refractivity contribution < 1.29 is 9.59 Å². The Kier molecular flexibility index (Phi) is 1.43. The molecule has 0 aromatic heterocycles. The Morgan fingerprint density at radius 1 is 1.07 bits per heavy atom. The molecule has 0 saturated carbocycles. The van der Waals surface area contributed by atoms with Crippen LogP contribution in [0, 0.1) is 0 Å². The SMILES string of the molecule is O=C1CCC2CC(=O)c3cccc1c32. The lowest BCUT2D eigenvalue weighted by molar-refractivity contribution is 0.0952. The van der Waals surface area contributed by atoms with E-state index in [1.165, 1.54) is 0 Å². The second-order valence-electron chi connectivity index (χ2n) is 4.05. The molecule has 1 atom stereocenters. The molecule has 0 amide bonds. The highest BCUT2D eigenvalue weighted by molar-refractivity contribution is 6.08. The highest BCUT2D eigenvalue weighted by Crippen LogP contribution is 2.42. The molecule has 2 heteroatoms. The van der Waals surface area contributed by atoms with Crippen LogP contribution in [-0.2, 0) is 0 Å². The number of hydrogen-bond acceptors (Lipinski definition) is 2. The van der Waals surface area contributed by atoms with Crippen LogP contribution in [0.4, 0.5) is 0 Å². The summed E-state index contributed by atoms with van der Waals surface area (Å²) in [6.07, 6.45) is 2.07. The summed E-state index contributed by atoms with van der Waals surface area (Å²) in [7, 11) is 0. The lowest BCUT2D eigenvalue weighted by Crippen LogP contribution is -2.13. The minimum atomic E-state index is 0.202. The molecule has 0 radical (unpaired) electrons. The van der Waals surface area contributed by atoms with Crippen LogP contribution >= 0.6 is 0 Å². The van der Waals surface area contributed by atoms with E-state index in [1.54, 1.807) is 0 Å². The van der Waals surface area contributed by atoms with Gasteiger partial charge in [-0.1, -0.05) is 18.2 Å². The molecule has 0 saturated heterocycles. The monoisotopic (exact) mass is 186 g/mol. The van der Waals surface area contributed by atoms with Crippen LogP contribution in [-0.4, -0.2) is 11.6 Å². The van der Waals surface area contributed by atoms with E-state index in [9.17, 15) is 9.59 Å². The topological polar surface area (TPSA) is 34.1 Å². The Hall–Kier alpha value is -1.44. The van der Waals surface area contributed by atoms with Crippen LogP contribution < -0.4 is 0 Å². The zero-order valence-electron chi connectivity index (χ0n) is 7.75. The van der Waals surface area contributed by atoms with Crippen molar-refractivity contribution in [3.63, 3.8) is 0 Å². The maximum atomic E-state index is 11.6. The molecule has 0 bridgehead atoms. The van der Waals surface area contributed by atoms with E-state index in [0.717, 1.165) is 23.1 Å². The second-order valence-corrected chi connectivity index (χ2v) is 4.05. The van der Waals surface area contributed by atoms with Crippen molar-refractivity contribution in [3.05, 3.63) is 34.9 Å². The Morgan fingerprint density at radius 2 is 1.79 bits per heavy atom. The summed E-state index contributed by atoms with van der Waals surface area (Å²) < 4.78 is 0. The van der Waals surface area contributed by atoms with Gasteiger partial charge in [0, 0.05) is 24.0 Å². The van der Waals surface area contributed by atoms with Gasteiger partial charge < -0.3 is 0 Å². The average Bonchev–Trinajstić information content (AvgIpc) is 2.52. The van der Waals surface area contributed by atoms with E-state index in [-0.39, 0.29) is 11.6 Å². The van der Waals surface area contributed by atoms with Gasteiger partial charge in [-0.2, -0.15) is 0 Å². The fourth-order valence-corrected chi connectivity index (χ4v) is 2.61. The van der Waals surface area contributed by atoms with Crippen molar-refractivity contribution in [3.8, 4) is 0 Å². The summed E-state index contributed by atoms with van der Waals surface area (Å²) in [5, 5.41) is 0. The van der Waals surface area contributed by atoms with Crippen molar-refractivity contribution in [1.82, 2.24) is 0 Å². The molecule has 0 fully saturated rings. The highest BCUT2D eigenvalue weighted by Gasteiger charge is 2.35.